The Bertz CT molecular complexity index is 676. The van der Waals surface area contributed by atoms with Crippen molar-refractivity contribution in [3.05, 3.63) is 54.0 Å². The highest BCUT2D eigenvalue weighted by Gasteiger charge is 2.11. The number of sulfonamides is 1. The molecule has 6 nitrogen and oxygen atoms in total. The Morgan fingerprint density at radius 3 is 2.45 bits per heavy atom. The van der Waals surface area contributed by atoms with E-state index >= 15 is 0 Å². The predicted molar refractivity (Wildman–Crippen MR) is 72.6 cm³/mol. The van der Waals surface area contributed by atoms with E-state index in [9.17, 15) is 13.2 Å². The van der Waals surface area contributed by atoms with Crippen LogP contribution in [0.5, 0.6) is 0 Å². The lowest BCUT2D eigenvalue weighted by Gasteiger charge is -2.06. The Hall–Kier alpha value is -2.12. The van der Waals surface area contributed by atoms with Crippen molar-refractivity contribution < 1.29 is 17.6 Å². The zero-order chi connectivity index (χ0) is 14.6. The van der Waals surface area contributed by atoms with Gasteiger partial charge in [0.15, 0.2) is 0 Å². The smallest absolute Gasteiger partial charge is 0.254 e. The Morgan fingerprint density at radius 1 is 1.20 bits per heavy atom. The molecule has 0 aliphatic heterocycles. The first-order valence-electron chi connectivity index (χ1n) is 5.86. The first kappa shape index (κ1) is 14.3. The minimum absolute atomic E-state index is 0.185. The van der Waals surface area contributed by atoms with Crippen molar-refractivity contribution in [3.8, 4) is 0 Å². The molecule has 0 saturated carbocycles. The topological polar surface area (TPSA) is 88.4 Å². The molecule has 0 aliphatic carbocycles. The minimum Gasteiger partial charge on any atom is -0.472 e. The number of amides is 1. The van der Waals surface area contributed by atoms with E-state index in [1.165, 1.54) is 31.7 Å². The van der Waals surface area contributed by atoms with Crippen LogP contribution in [0.1, 0.15) is 15.9 Å². The number of furan rings is 1. The van der Waals surface area contributed by atoms with Crippen LogP contribution in [0.2, 0.25) is 0 Å². The van der Waals surface area contributed by atoms with Crippen LogP contribution >= 0.6 is 0 Å². The molecule has 7 heteroatoms. The maximum Gasteiger partial charge on any atom is 0.254 e. The third-order valence-electron chi connectivity index (χ3n) is 2.74. The van der Waals surface area contributed by atoms with Gasteiger partial charge in [-0.15, -0.1) is 0 Å². The predicted octanol–water partition coefficient (Wildman–Crippen LogP) is 1.12. The van der Waals surface area contributed by atoms with Gasteiger partial charge < -0.3 is 9.73 Å². The molecule has 106 valence electrons. The van der Waals surface area contributed by atoms with Gasteiger partial charge in [0.2, 0.25) is 10.0 Å². The van der Waals surface area contributed by atoms with Gasteiger partial charge in [0, 0.05) is 6.54 Å². The number of hydrogen-bond donors (Lipinski definition) is 2. The van der Waals surface area contributed by atoms with Crippen molar-refractivity contribution >= 4 is 15.9 Å². The standard InChI is InChI=1S/C13H14N2O4S/c1-14-20(17,18)12-4-2-10(3-5-12)8-15-13(16)11-6-7-19-9-11/h2-7,9,14H,8H2,1H3,(H,15,16). The third kappa shape index (κ3) is 3.25. The maximum absolute atomic E-state index is 11.7. The van der Waals surface area contributed by atoms with Gasteiger partial charge >= 0.3 is 0 Å². The molecule has 0 spiro atoms. The second kappa shape index (κ2) is 5.89. The zero-order valence-corrected chi connectivity index (χ0v) is 11.6. The van der Waals surface area contributed by atoms with Crippen molar-refractivity contribution in [1.29, 1.82) is 0 Å². The number of carbonyl (C=O) groups excluding carboxylic acids is 1. The third-order valence-corrected chi connectivity index (χ3v) is 4.17. The van der Waals surface area contributed by atoms with Gasteiger partial charge in [0.1, 0.15) is 6.26 Å². The monoisotopic (exact) mass is 294 g/mol. The quantitative estimate of drug-likeness (QED) is 0.865. The van der Waals surface area contributed by atoms with Crippen LogP contribution in [0.3, 0.4) is 0 Å². The Morgan fingerprint density at radius 2 is 1.90 bits per heavy atom. The summed E-state index contributed by atoms with van der Waals surface area (Å²) in [5.74, 6) is -0.245. The van der Waals surface area contributed by atoms with Gasteiger partial charge in [-0.2, -0.15) is 0 Å². The van der Waals surface area contributed by atoms with Crippen LogP contribution in [0.25, 0.3) is 0 Å². The van der Waals surface area contributed by atoms with Crippen molar-refractivity contribution in [2.75, 3.05) is 7.05 Å². The van der Waals surface area contributed by atoms with E-state index in [1.807, 2.05) is 0 Å². The maximum atomic E-state index is 11.7. The summed E-state index contributed by atoms with van der Waals surface area (Å²) in [5.41, 5.74) is 1.25. The molecule has 0 aliphatic rings. The molecule has 1 aromatic heterocycles. The lowest BCUT2D eigenvalue weighted by atomic mass is 10.2. The second-order valence-corrected chi connectivity index (χ2v) is 5.93. The van der Waals surface area contributed by atoms with Crippen molar-refractivity contribution in [2.45, 2.75) is 11.4 Å². The zero-order valence-electron chi connectivity index (χ0n) is 10.8. The molecule has 1 heterocycles. The summed E-state index contributed by atoms with van der Waals surface area (Å²) >= 11 is 0. The molecule has 0 fully saturated rings. The molecule has 2 aromatic rings. The molecule has 2 N–H and O–H groups in total. The molecule has 0 unspecified atom stereocenters. The fourth-order valence-corrected chi connectivity index (χ4v) is 2.31. The summed E-state index contributed by atoms with van der Waals surface area (Å²) in [6.45, 7) is 0.309. The SMILES string of the molecule is CNS(=O)(=O)c1ccc(CNC(=O)c2ccoc2)cc1. The Balaban J connectivity index is 2.00. The Labute approximate surface area is 116 Å². The largest absolute Gasteiger partial charge is 0.472 e. The van der Waals surface area contributed by atoms with Crippen LogP contribution in [-0.4, -0.2) is 21.4 Å². The summed E-state index contributed by atoms with van der Waals surface area (Å²) in [6, 6.07) is 7.86. The van der Waals surface area contributed by atoms with E-state index in [0.717, 1.165) is 5.56 Å². The van der Waals surface area contributed by atoms with Gasteiger partial charge in [0.05, 0.1) is 16.7 Å². The normalized spacial score (nSPS) is 11.2. The van der Waals surface area contributed by atoms with Crippen LogP contribution in [0.4, 0.5) is 0 Å². The number of hydrogen-bond acceptors (Lipinski definition) is 4. The number of nitrogens with one attached hydrogen (secondary N) is 2. The molecule has 0 saturated heterocycles. The Kier molecular flexibility index (Phi) is 4.21. The summed E-state index contributed by atoms with van der Waals surface area (Å²) in [5, 5.41) is 2.71. The molecule has 1 aromatic carbocycles. The highest BCUT2D eigenvalue weighted by atomic mass is 32.2. The molecule has 0 atom stereocenters. The fraction of sp³-hybridized carbons (Fsp3) is 0.154. The van der Waals surface area contributed by atoms with Gasteiger partial charge in [-0.3, -0.25) is 4.79 Å². The van der Waals surface area contributed by atoms with Crippen molar-refractivity contribution in [1.82, 2.24) is 10.0 Å². The average molecular weight is 294 g/mol. The number of benzene rings is 1. The lowest BCUT2D eigenvalue weighted by Crippen LogP contribution is -2.22. The molecule has 0 bridgehead atoms. The van der Waals surface area contributed by atoms with E-state index in [0.29, 0.717) is 12.1 Å². The molecule has 20 heavy (non-hydrogen) atoms. The van der Waals surface area contributed by atoms with E-state index < -0.39 is 10.0 Å². The van der Waals surface area contributed by atoms with E-state index in [2.05, 4.69) is 10.0 Å². The molecule has 2 rings (SSSR count). The minimum atomic E-state index is -3.43. The van der Waals surface area contributed by atoms with Crippen molar-refractivity contribution in [3.63, 3.8) is 0 Å². The fourth-order valence-electron chi connectivity index (χ4n) is 1.58. The molecular formula is C13H14N2O4S. The number of carbonyl (C=O) groups is 1. The van der Waals surface area contributed by atoms with Gasteiger partial charge in [-0.25, -0.2) is 13.1 Å². The molecule has 1 amide bonds. The summed E-state index contributed by atoms with van der Waals surface area (Å²) in [7, 11) is -2.08. The van der Waals surface area contributed by atoms with Crippen LogP contribution in [0.15, 0.2) is 52.2 Å². The van der Waals surface area contributed by atoms with Crippen LogP contribution in [0, 0.1) is 0 Å². The van der Waals surface area contributed by atoms with Crippen molar-refractivity contribution in [2.24, 2.45) is 0 Å². The summed E-state index contributed by atoms with van der Waals surface area (Å²) in [6.07, 6.45) is 2.78. The van der Waals surface area contributed by atoms with E-state index in [4.69, 9.17) is 4.42 Å². The highest BCUT2D eigenvalue weighted by Crippen LogP contribution is 2.10. The number of rotatable bonds is 5. The van der Waals surface area contributed by atoms with Gasteiger partial charge in [-0.05, 0) is 30.8 Å². The van der Waals surface area contributed by atoms with E-state index in [-0.39, 0.29) is 10.8 Å². The van der Waals surface area contributed by atoms with E-state index in [1.54, 1.807) is 18.2 Å². The molecular weight excluding hydrogens is 280 g/mol. The van der Waals surface area contributed by atoms with Crippen LogP contribution in [-0.2, 0) is 16.6 Å². The first-order valence-corrected chi connectivity index (χ1v) is 7.34. The molecule has 0 radical (unpaired) electrons. The van der Waals surface area contributed by atoms with Gasteiger partial charge in [-0.1, -0.05) is 12.1 Å². The summed E-state index contributed by atoms with van der Waals surface area (Å²) < 4.78 is 30.1. The summed E-state index contributed by atoms with van der Waals surface area (Å²) in [4.78, 5) is 11.9. The second-order valence-electron chi connectivity index (χ2n) is 4.05. The van der Waals surface area contributed by atoms with Crippen LogP contribution < -0.4 is 10.0 Å². The average Bonchev–Trinajstić information content (AvgIpc) is 2.99. The first-order chi connectivity index (χ1) is 9.53. The van der Waals surface area contributed by atoms with Gasteiger partial charge in [0.25, 0.3) is 5.91 Å². The lowest BCUT2D eigenvalue weighted by molar-refractivity contribution is 0.0950. The highest BCUT2D eigenvalue weighted by molar-refractivity contribution is 7.89.